The van der Waals surface area contributed by atoms with Crippen LogP contribution in [0.1, 0.15) is 30.1 Å². The highest BCUT2D eigenvalue weighted by Crippen LogP contribution is 2.21. The van der Waals surface area contributed by atoms with Gasteiger partial charge in [-0.3, -0.25) is 0 Å². The first kappa shape index (κ1) is 14.3. The lowest BCUT2D eigenvalue weighted by molar-refractivity contribution is 0.235. The van der Waals surface area contributed by atoms with E-state index < -0.39 is 0 Å². The third-order valence-electron chi connectivity index (χ3n) is 3.18. The van der Waals surface area contributed by atoms with Gasteiger partial charge in [0.05, 0.1) is 12.6 Å². The lowest BCUT2D eigenvalue weighted by atomic mass is 10.0. The SMILES string of the molecule is CC(N[C@H](CO)c1ccccc1)c1cccc(Br)c1. The van der Waals surface area contributed by atoms with Crippen molar-refractivity contribution >= 4 is 15.9 Å². The number of benzene rings is 2. The minimum Gasteiger partial charge on any atom is -0.394 e. The van der Waals surface area contributed by atoms with Gasteiger partial charge in [0.25, 0.3) is 0 Å². The van der Waals surface area contributed by atoms with Crippen molar-refractivity contribution in [2.24, 2.45) is 0 Å². The minimum atomic E-state index is -0.0461. The van der Waals surface area contributed by atoms with Gasteiger partial charge < -0.3 is 10.4 Å². The van der Waals surface area contributed by atoms with Crippen molar-refractivity contribution in [3.63, 3.8) is 0 Å². The van der Waals surface area contributed by atoms with E-state index in [-0.39, 0.29) is 18.7 Å². The van der Waals surface area contributed by atoms with E-state index in [1.807, 2.05) is 42.5 Å². The fourth-order valence-electron chi connectivity index (χ4n) is 2.11. The van der Waals surface area contributed by atoms with Gasteiger partial charge >= 0.3 is 0 Å². The molecule has 2 N–H and O–H groups in total. The zero-order chi connectivity index (χ0) is 13.7. The molecular formula is C16H18BrNO. The van der Waals surface area contributed by atoms with Gasteiger partial charge in [-0.1, -0.05) is 58.4 Å². The Morgan fingerprint density at radius 2 is 1.74 bits per heavy atom. The molecule has 0 heterocycles. The van der Waals surface area contributed by atoms with Crippen molar-refractivity contribution < 1.29 is 5.11 Å². The summed E-state index contributed by atoms with van der Waals surface area (Å²) in [5.74, 6) is 0. The standard InChI is InChI=1S/C16H18BrNO/c1-12(14-8-5-9-15(17)10-14)18-16(11-19)13-6-3-2-4-7-13/h2-10,12,16,18-19H,11H2,1H3/t12?,16-/m1/s1. The van der Waals surface area contributed by atoms with Gasteiger partial charge in [-0.25, -0.2) is 0 Å². The molecule has 0 radical (unpaired) electrons. The van der Waals surface area contributed by atoms with E-state index in [4.69, 9.17) is 0 Å². The number of nitrogens with one attached hydrogen (secondary N) is 1. The third-order valence-corrected chi connectivity index (χ3v) is 3.68. The Bertz CT molecular complexity index is 515. The summed E-state index contributed by atoms with van der Waals surface area (Å²) < 4.78 is 1.07. The molecule has 0 amide bonds. The number of aliphatic hydroxyl groups is 1. The Labute approximate surface area is 122 Å². The van der Waals surface area contributed by atoms with Crippen molar-refractivity contribution in [2.45, 2.75) is 19.0 Å². The molecule has 0 fully saturated rings. The van der Waals surface area contributed by atoms with E-state index >= 15 is 0 Å². The smallest absolute Gasteiger partial charge is 0.0626 e. The van der Waals surface area contributed by atoms with Crippen LogP contribution in [0.2, 0.25) is 0 Å². The molecule has 2 nitrogen and oxygen atoms in total. The lowest BCUT2D eigenvalue weighted by Gasteiger charge is -2.22. The first-order valence-corrected chi connectivity index (χ1v) is 7.17. The van der Waals surface area contributed by atoms with Gasteiger partial charge in [-0.05, 0) is 30.2 Å². The molecule has 0 aliphatic carbocycles. The second-order valence-electron chi connectivity index (χ2n) is 4.59. The Morgan fingerprint density at radius 3 is 2.37 bits per heavy atom. The van der Waals surface area contributed by atoms with Crippen molar-refractivity contribution in [3.05, 3.63) is 70.2 Å². The zero-order valence-electron chi connectivity index (χ0n) is 10.9. The predicted octanol–water partition coefficient (Wildman–Crippen LogP) is 3.83. The molecule has 0 saturated heterocycles. The fourth-order valence-corrected chi connectivity index (χ4v) is 2.53. The lowest BCUT2D eigenvalue weighted by Crippen LogP contribution is -2.27. The quantitative estimate of drug-likeness (QED) is 0.877. The zero-order valence-corrected chi connectivity index (χ0v) is 12.5. The molecule has 2 aromatic rings. The Hall–Kier alpha value is -1.16. The van der Waals surface area contributed by atoms with Gasteiger partial charge in [0.15, 0.2) is 0 Å². The number of aliphatic hydroxyl groups excluding tert-OH is 1. The topological polar surface area (TPSA) is 32.3 Å². The molecule has 2 atom stereocenters. The number of rotatable bonds is 5. The van der Waals surface area contributed by atoms with E-state index in [1.54, 1.807) is 0 Å². The van der Waals surface area contributed by atoms with E-state index in [0.29, 0.717) is 0 Å². The summed E-state index contributed by atoms with van der Waals surface area (Å²) in [6, 6.07) is 18.4. The van der Waals surface area contributed by atoms with Crippen molar-refractivity contribution in [2.75, 3.05) is 6.61 Å². The molecule has 0 saturated carbocycles. The maximum Gasteiger partial charge on any atom is 0.0626 e. The average Bonchev–Trinajstić information content (AvgIpc) is 2.45. The van der Waals surface area contributed by atoms with Crippen LogP contribution in [0.3, 0.4) is 0 Å². The molecule has 2 rings (SSSR count). The van der Waals surface area contributed by atoms with Crippen LogP contribution in [0, 0.1) is 0 Å². The molecule has 0 aliphatic heterocycles. The predicted molar refractivity (Wildman–Crippen MR) is 82.0 cm³/mol. The highest BCUT2D eigenvalue weighted by molar-refractivity contribution is 9.10. The Balaban J connectivity index is 2.10. The van der Waals surface area contributed by atoms with Crippen LogP contribution in [0.5, 0.6) is 0 Å². The minimum absolute atomic E-state index is 0.0461. The summed E-state index contributed by atoms with van der Waals surface area (Å²) in [5, 5.41) is 13.0. The first-order valence-electron chi connectivity index (χ1n) is 6.38. The highest BCUT2D eigenvalue weighted by atomic mass is 79.9. The molecule has 0 bridgehead atoms. The van der Waals surface area contributed by atoms with Gasteiger partial charge in [0, 0.05) is 10.5 Å². The molecule has 3 heteroatoms. The van der Waals surface area contributed by atoms with Crippen LogP contribution in [0.15, 0.2) is 59.1 Å². The van der Waals surface area contributed by atoms with Crippen molar-refractivity contribution in [1.29, 1.82) is 0 Å². The summed E-state index contributed by atoms with van der Waals surface area (Å²) in [4.78, 5) is 0. The molecule has 0 aromatic heterocycles. The van der Waals surface area contributed by atoms with E-state index in [1.165, 1.54) is 5.56 Å². The fraction of sp³-hybridized carbons (Fsp3) is 0.250. The monoisotopic (exact) mass is 319 g/mol. The van der Waals surface area contributed by atoms with Gasteiger partial charge in [-0.2, -0.15) is 0 Å². The normalized spacial score (nSPS) is 14.1. The number of halogens is 1. The molecule has 0 aliphatic rings. The second kappa shape index (κ2) is 6.85. The largest absolute Gasteiger partial charge is 0.394 e. The van der Waals surface area contributed by atoms with Crippen LogP contribution >= 0.6 is 15.9 Å². The van der Waals surface area contributed by atoms with Crippen LogP contribution < -0.4 is 5.32 Å². The van der Waals surface area contributed by atoms with Crippen molar-refractivity contribution in [1.82, 2.24) is 5.32 Å². The summed E-state index contributed by atoms with van der Waals surface area (Å²) in [7, 11) is 0. The van der Waals surface area contributed by atoms with Crippen molar-refractivity contribution in [3.8, 4) is 0 Å². The van der Waals surface area contributed by atoms with Crippen LogP contribution in [0.4, 0.5) is 0 Å². The van der Waals surface area contributed by atoms with Gasteiger partial charge in [0.1, 0.15) is 0 Å². The van der Waals surface area contributed by atoms with Crippen LogP contribution in [-0.4, -0.2) is 11.7 Å². The number of hydrogen-bond acceptors (Lipinski definition) is 2. The summed E-state index contributed by atoms with van der Waals surface area (Å²) in [5.41, 5.74) is 2.30. The van der Waals surface area contributed by atoms with Gasteiger partial charge in [0.2, 0.25) is 0 Å². The van der Waals surface area contributed by atoms with E-state index in [0.717, 1.165) is 10.0 Å². The van der Waals surface area contributed by atoms with Crippen LogP contribution in [0.25, 0.3) is 0 Å². The van der Waals surface area contributed by atoms with E-state index in [2.05, 4.69) is 40.3 Å². The molecule has 0 spiro atoms. The van der Waals surface area contributed by atoms with Crippen LogP contribution in [-0.2, 0) is 0 Å². The maximum atomic E-state index is 9.56. The number of hydrogen-bond donors (Lipinski definition) is 2. The molecule has 19 heavy (non-hydrogen) atoms. The first-order chi connectivity index (χ1) is 9.20. The third kappa shape index (κ3) is 3.90. The van der Waals surface area contributed by atoms with E-state index in [9.17, 15) is 5.11 Å². The molecule has 1 unspecified atom stereocenters. The summed E-state index contributed by atoms with van der Waals surface area (Å²) in [6.45, 7) is 2.19. The average molecular weight is 320 g/mol. The molecule has 2 aromatic carbocycles. The highest BCUT2D eigenvalue weighted by Gasteiger charge is 2.14. The Morgan fingerprint density at radius 1 is 1.05 bits per heavy atom. The maximum absolute atomic E-state index is 9.56. The molecule has 100 valence electrons. The molecular weight excluding hydrogens is 302 g/mol. The second-order valence-corrected chi connectivity index (χ2v) is 5.50. The summed E-state index contributed by atoms with van der Waals surface area (Å²) in [6.07, 6.45) is 0. The summed E-state index contributed by atoms with van der Waals surface area (Å²) >= 11 is 3.48. The Kier molecular flexibility index (Phi) is 5.14. The van der Waals surface area contributed by atoms with Gasteiger partial charge in [-0.15, -0.1) is 0 Å².